The minimum Gasteiger partial charge on any atom is -0.385 e. The van der Waals surface area contributed by atoms with Crippen molar-refractivity contribution in [2.24, 2.45) is 11.8 Å². The summed E-state index contributed by atoms with van der Waals surface area (Å²) in [4.78, 5) is 2.37. The summed E-state index contributed by atoms with van der Waals surface area (Å²) in [6.07, 6.45) is 3.36. The van der Waals surface area contributed by atoms with Gasteiger partial charge in [0.25, 0.3) is 0 Å². The van der Waals surface area contributed by atoms with E-state index in [9.17, 15) is 5.11 Å². The summed E-state index contributed by atoms with van der Waals surface area (Å²) in [5, 5.41) is 11.1. The van der Waals surface area contributed by atoms with E-state index in [-0.39, 0.29) is 0 Å². The molecule has 2 heteroatoms. The number of hydrogen-bond acceptors (Lipinski definition) is 2. The Morgan fingerprint density at radius 1 is 1.24 bits per heavy atom. The van der Waals surface area contributed by atoms with E-state index in [1.165, 1.54) is 6.42 Å². The van der Waals surface area contributed by atoms with Crippen LogP contribution in [0.15, 0.2) is 30.3 Å². The Labute approximate surface area is 103 Å². The second-order valence-corrected chi connectivity index (χ2v) is 5.77. The van der Waals surface area contributed by atoms with Crippen molar-refractivity contribution in [2.45, 2.75) is 24.9 Å². The standard InChI is InChI=1S/C15H21NO/c1-16-10-12-6-5-9-15(17,14(12)11-16)13-7-3-2-4-8-13/h2-4,7-8,12,14,17H,5-6,9-11H2,1H3/t12-,14+,15+/m1/s1. The smallest absolute Gasteiger partial charge is 0.0939 e. The van der Waals surface area contributed by atoms with Gasteiger partial charge in [-0.1, -0.05) is 30.3 Å². The molecule has 92 valence electrons. The molecule has 1 N–H and O–H groups in total. The molecule has 0 spiro atoms. The molecule has 17 heavy (non-hydrogen) atoms. The Hall–Kier alpha value is -0.860. The lowest BCUT2D eigenvalue weighted by atomic mass is 9.67. The SMILES string of the molecule is CN1C[C@H]2CCC[C@](O)(c3ccccc3)[C@H]2C1. The van der Waals surface area contributed by atoms with Crippen molar-refractivity contribution in [1.82, 2.24) is 4.90 Å². The van der Waals surface area contributed by atoms with Crippen LogP contribution in [0.1, 0.15) is 24.8 Å². The molecule has 2 nitrogen and oxygen atoms in total. The molecule has 1 aliphatic carbocycles. The van der Waals surface area contributed by atoms with E-state index < -0.39 is 5.60 Å². The van der Waals surface area contributed by atoms with Gasteiger partial charge in [0.15, 0.2) is 0 Å². The first-order valence-electron chi connectivity index (χ1n) is 6.66. The predicted molar refractivity (Wildman–Crippen MR) is 68.7 cm³/mol. The highest BCUT2D eigenvalue weighted by Crippen LogP contribution is 2.47. The summed E-state index contributed by atoms with van der Waals surface area (Å²) in [6, 6.07) is 10.3. The van der Waals surface area contributed by atoms with E-state index >= 15 is 0 Å². The Morgan fingerprint density at radius 2 is 2.00 bits per heavy atom. The zero-order valence-corrected chi connectivity index (χ0v) is 10.5. The van der Waals surface area contributed by atoms with Crippen LogP contribution in [0.25, 0.3) is 0 Å². The maximum Gasteiger partial charge on any atom is 0.0939 e. The summed E-state index contributed by atoms with van der Waals surface area (Å²) >= 11 is 0. The third-order valence-electron chi connectivity index (χ3n) is 4.64. The highest BCUT2D eigenvalue weighted by Gasteiger charge is 2.48. The Morgan fingerprint density at radius 3 is 2.76 bits per heavy atom. The van der Waals surface area contributed by atoms with Gasteiger partial charge in [-0.25, -0.2) is 0 Å². The van der Waals surface area contributed by atoms with Crippen LogP contribution in [-0.2, 0) is 5.60 Å². The second-order valence-electron chi connectivity index (χ2n) is 5.77. The highest BCUT2D eigenvalue weighted by atomic mass is 16.3. The summed E-state index contributed by atoms with van der Waals surface area (Å²) < 4.78 is 0. The van der Waals surface area contributed by atoms with Gasteiger partial charge in [-0.15, -0.1) is 0 Å². The first kappa shape index (κ1) is 11.2. The maximum absolute atomic E-state index is 11.1. The molecule has 1 aliphatic heterocycles. The zero-order chi connectivity index (χ0) is 11.9. The van der Waals surface area contributed by atoms with Gasteiger partial charge in [-0.2, -0.15) is 0 Å². The number of rotatable bonds is 1. The molecular formula is C15H21NO. The minimum absolute atomic E-state index is 0.420. The summed E-state index contributed by atoms with van der Waals surface area (Å²) in [6.45, 7) is 2.19. The van der Waals surface area contributed by atoms with Crippen LogP contribution in [0.4, 0.5) is 0 Å². The molecule has 0 radical (unpaired) electrons. The first-order chi connectivity index (χ1) is 8.20. The molecule has 1 saturated heterocycles. The molecule has 1 aromatic carbocycles. The van der Waals surface area contributed by atoms with Gasteiger partial charge in [-0.3, -0.25) is 0 Å². The number of fused-ring (bicyclic) bond motifs is 1. The molecule has 1 heterocycles. The summed E-state index contributed by atoms with van der Waals surface area (Å²) in [5.74, 6) is 1.10. The average Bonchev–Trinajstić information content (AvgIpc) is 2.73. The Bertz CT molecular complexity index is 391. The Kier molecular flexibility index (Phi) is 2.72. The second kappa shape index (κ2) is 4.11. The maximum atomic E-state index is 11.1. The predicted octanol–water partition coefficient (Wildman–Crippen LogP) is 2.24. The summed E-state index contributed by atoms with van der Waals surface area (Å²) in [7, 11) is 2.17. The van der Waals surface area contributed by atoms with Gasteiger partial charge < -0.3 is 10.0 Å². The highest BCUT2D eigenvalue weighted by molar-refractivity contribution is 5.25. The molecule has 3 atom stereocenters. The molecule has 0 unspecified atom stereocenters. The van der Waals surface area contributed by atoms with Gasteiger partial charge in [0.05, 0.1) is 5.60 Å². The van der Waals surface area contributed by atoms with Gasteiger partial charge in [0.2, 0.25) is 0 Å². The fourth-order valence-electron chi connectivity index (χ4n) is 3.82. The number of likely N-dealkylation sites (tertiary alicyclic amines) is 1. The van der Waals surface area contributed by atoms with Gasteiger partial charge >= 0.3 is 0 Å². The van der Waals surface area contributed by atoms with Crippen molar-refractivity contribution >= 4 is 0 Å². The van der Waals surface area contributed by atoms with E-state index in [1.807, 2.05) is 18.2 Å². The molecule has 2 fully saturated rings. The van der Waals surface area contributed by atoms with Crippen LogP contribution in [0.2, 0.25) is 0 Å². The molecule has 0 bridgehead atoms. The molecule has 1 aromatic rings. The van der Waals surface area contributed by atoms with Crippen molar-refractivity contribution in [3.05, 3.63) is 35.9 Å². The molecule has 0 amide bonds. The van der Waals surface area contributed by atoms with E-state index in [2.05, 4.69) is 24.1 Å². The third-order valence-corrected chi connectivity index (χ3v) is 4.64. The van der Waals surface area contributed by atoms with Crippen LogP contribution in [-0.4, -0.2) is 30.1 Å². The number of hydrogen-bond donors (Lipinski definition) is 1. The van der Waals surface area contributed by atoms with Gasteiger partial charge in [-0.05, 0) is 37.8 Å². The lowest BCUT2D eigenvalue weighted by Gasteiger charge is -2.41. The Balaban J connectivity index is 1.95. The normalized spacial score (nSPS) is 38.0. The van der Waals surface area contributed by atoms with E-state index in [0.717, 1.165) is 31.5 Å². The van der Waals surface area contributed by atoms with Crippen LogP contribution < -0.4 is 0 Å². The summed E-state index contributed by atoms with van der Waals surface area (Å²) in [5.41, 5.74) is 0.527. The van der Waals surface area contributed by atoms with Crippen molar-refractivity contribution in [1.29, 1.82) is 0 Å². The topological polar surface area (TPSA) is 23.5 Å². The monoisotopic (exact) mass is 231 g/mol. The minimum atomic E-state index is -0.588. The number of nitrogens with zero attached hydrogens (tertiary/aromatic N) is 1. The van der Waals surface area contributed by atoms with Crippen LogP contribution in [0.5, 0.6) is 0 Å². The largest absolute Gasteiger partial charge is 0.385 e. The average molecular weight is 231 g/mol. The zero-order valence-electron chi connectivity index (χ0n) is 10.5. The van der Waals surface area contributed by atoms with Crippen molar-refractivity contribution in [3.63, 3.8) is 0 Å². The van der Waals surface area contributed by atoms with Crippen LogP contribution in [0, 0.1) is 11.8 Å². The fourth-order valence-corrected chi connectivity index (χ4v) is 3.82. The number of aliphatic hydroxyl groups is 1. The fraction of sp³-hybridized carbons (Fsp3) is 0.600. The molecule has 3 rings (SSSR count). The number of benzene rings is 1. The van der Waals surface area contributed by atoms with Crippen LogP contribution in [0.3, 0.4) is 0 Å². The van der Waals surface area contributed by atoms with Crippen LogP contribution >= 0.6 is 0 Å². The van der Waals surface area contributed by atoms with Gasteiger partial charge in [0, 0.05) is 19.0 Å². The lowest BCUT2D eigenvalue weighted by molar-refractivity contribution is -0.0645. The van der Waals surface area contributed by atoms with E-state index in [1.54, 1.807) is 0 Å². The third kappa shape index (κ3) is 1.80. The van der Waals surface area contributed by atoms with Gasteiger partial charge in [0.1, 0.15) is 0 Å². The van der Waals surface area contributed by atoms with E-state index in [0.29, 0.717) is 11.8 Å². The molecule has 1 saturated carbocycles. The molecule has 2 aliphatic rings. The molecular weight excluding hydrogens is 210 g/mol. The first-order valence-corrected chi connectivity index (χ1v) is 6.66. The lowest BCUT2D eigenvalue weighted by Crippen LogP contribution is -2.42. The van der Waals surface area contributed by atoms with Crippen molar-refractivity contribution < 1.29 is 5.11 Å². The van der Waals surface area contributed by atoms with Crippen molar-refractivity contribution in [3.8, 4) is 0 Å². The molecule has 0 aromatic heterocycles. The van der Waals surface area contributed by atoms with E-state index in [4.69, 9.17) is 0 Å². The van der Waals surface area contributed by atoms with Crippen molar-refractivity contribution in [2.75, 3.05) is 20.1 Å². The quantitative estimate of drug-likeness (QED) is 0.801.